The van der Waals surface area contributed by atoms with Crippen molar-refractivity contribution in [2.75, 3.05) is 20.1 Å². The van der Waals surface area contributed by atoms with Gasteiger partial charge in [-0.1, -0.05) is 0 Å². The highest BCUT2D eigenvalue weighted by molar-refractivity contribution is 5.76. The Morgan fingerprint density at radius 2 is 1.83 bits per heavy atom. The highest BCUT2D eigenvalue weighted by Crippen LogP contribution is 2.39. The number of alkyl halides is 3. The van der Waals surface area contributed by atoms with Crippen LogP contribution in [0.4, 0.5) is 13.2 Å². The van der Waals surface area contributed by atoms with Crippen molar-refractivity contribution in [3.8, 4) is 0 Å². The van der Waals surface area contributed by atoms with Crippen molar-refractivity contribution < 1.29 is 18.0 Å². The third-order valence-electron chi connectivity index (χ3n) is 3.50. The molecule has 2 N–H and O–H groups in total. The Kier molecular flexibility index (Phi) is 5.91. The molecular weight excluding hydrogens is 245 g/mol. The fourth-order valence-electron chi connectivity index (χ4n) is 2.28. The van der Waals surface area contributed by atoms with Gasteiger partial charge in [-0.25, -0.2) is 0 Å². The van der Waals surface area contributed by atoms with Crippen molar-refractivity contribution in [3.05, 3.63) is 0 Å². The summed E-state index contributed by atoms with van der Waals surface area (Å²) in [5.41, 5.74) is 0. The van der Waals surface area contributed by atoms with Crippen LogP contribution >= 0.6 is 0 Å². The quantitative estimate of drug-likeness (QED) is 0.800. The summed E-state index contributed by atoms with van der Waals surface area (Å²) in [5, 5.41) is 5.65. The molecule has 0 spiro atoms. The molecule has 1 aliphatic rings. The van der Waals surface area contributed by atoms with Gasteiger partial charge in [0, 0.05) is 19.5 Å². The van der Waals surface area contributed by atoms with Crippen molar-refractivity contribution in [2.24, 2.45) is 11.8 Å². The molecule has 0 unspecified atom stereocenters. The highest BCUT2D eigenvalue weighted by atomic mass is 19.4. The van der Waals surface area contributed by atoms with Crippen LogP contribution in [0.1, 0.15) is 32.1 Å². The van der Waals surface area contributed by atoms with Crippen molar-refractivity contribution in [2.45, 2.75) is 38.3 Å². The Morgan fingerprint density at radius 3 is 2.33 bits per heavy atom. The second-order valence-electron chi connectivity index (χ2n) is 4.92. The number of hydrogen-bond acceptors (Lipinski definition) is 2. The lowest BCUT2D eigenvalue weighted by Gasteiger charge is -2.29. The number of nitrogens with one attached hydrogen (secondary N) is 2. The number of carbonyl (C=O) groups is 1. The summed E-state index contributed by atoms with van der Waals surface area (Å²) in [7, 11) is 1.77. The fourth-order valence-corrected chi connectivity index (χ4v) is 2.28. The zero-order chi connectivity index (χ0) is 13.6. The van der Waals surface area contributed by atoms with Crippen molar-refractivity contribution in [3.63, 3.8) is 0 Å². The highest BCUT2D eigenvalue weighted by Gasteiger charge is 2.41. The molecule has 3 nitrogen and oxygen atoms in total. The molecule has 1 aliphatic carbocycles. The van der Waals surface area contributed by atoms with Crippen LogP contribution in [0, 0.1) is 11.8 Å². The molecule has 18 heavy (non-hydrogen) atoms. The minimum atomic E-state index is -4.05. The first-order valence-corrected chi connectivity index (χ1v) is 6.41. The summed E-state index contributed by atoms with van der Waals surface area (Å²) >= 11 is 0. The zero-order valence-corrected chi connectivity index (χ0v) is 10.6. The topological polar surface area (TPSA) is 41.1 Å². The van der Waals surface area contributed by atoms with Crippen molar-refractivity contribution in [1.29, 1.82) is 0 Å². The lowest BCUT2D eigenvalue weighted by atomic mass is 9.81. The van der Waals surface area contributed by atoms with Gasteiger partial charge in [0.2, 0.25) is 5.91 Å². The SMILES string of the molecule is CNCCC(=O)NCC1CCC(C(F)(F)F)CC1. The molecule has 1 saturated carbocycles. The molecular formula is C12H21F3N2O. The lowest BCUT2D eigenvalue weighted by Crippen LogP contribution is -2.34. The minimum Gasteiger partial charge on any atom is -0.356 e. The van der Waals surface area contributed by atoms with E-state index in [1.807, 2.05) is 0 Å². The van der Waals surface area contributed by atoms with Crippen LogP contribution in [0.15, 0.2) is 0 Å². The summed E-state index contributed by atoms with van der Waals surface area (Å²) in [5.74, 6) is -0.988. The molecule has 1 fully saturated rings. The summed E-state index contributed by atoms with van der Waals surface area (Å²) < 4.78 is 37.3. The predicted molar refractivity (Wildman–Crippen MR) is 63.1 cm³/mol. The van der Waals surface area contributed by atoms with E-state index in [9.17, 15) is 18.0 Å². The molecule has 0 aliphatic heterocycles. The molecule has 0 radical (unpaired) electrons. The van der Waals surface area contributed by atoms with Gasteiger partial charge in [0.1, 0.15) is 0 Å². The fraction of sp³-hybridized carbons (Fsp3) is 0.917. The molecule has 0 saturated heterocycles. The van der Waals surface area contributed by atoms with Gasteiger partial charge in [-0.15, -0.1) is 0 Å². The Labute approximate surface area is 106 Å². The molecule has 0 aromatic rings. The van der Waals surface area contributed by atoms with Crippen LogP contribution in [0.2, 0.25) is 0 Å². The van der Waals surface area contributed by atoms with E-state index < -0.39 is 12.1 Å². The van der Waals surface area contributed by atoms with Gasteiger partial charge >= 0.3 is 6.18 Å². The lowest BCUT2D eigenvalue weighted by molar-refractivity contribution is -0.183. The second-order valence-corrected chi connectivity index (χ2v) is 4.92. The maximum Gasteiger partial charge on any atom is 0.391 e. The average Bonchev–Trinajstić information content (AvgIpc) is 2.33. The average molecular weight is 266 g/mol. The molecule has 0 aromatic carbocycles. The van der Waals surface area contributed by atoms with E-state index in [2.05, 4.69) is 10.6 Å². The smallest absolute Gasteiger partial charge is 0.356 e. The maximum atomic E-state index is 12.4. The van der Waals surface area contributed by atoms with E-state index in [4.69, 9.17) is 0 Å². The summed E-state index contributed by atoms with van der Waals surface area (Å²) in [6.45, 7) is 1.12. The normalized spacial score (nSPS) is 24.9. The molecule has 6 heteroatoms. The zero-order valence-electron chi connectivity index (χ0n) is 10.6. The third-order valence-corrected chi connectivity index (χ3v) is 3.50. The number of amides is 1. The first kappa shape index (κ1) is 15.3. The molecule has 1 rings (SSSR count). The summed E-state index contributed by atoms with van der Waals surface area (Å²) in [6, 6.07) is 0. The van der Waals surface area contributed by atoms with Crippen LogP contribution in [-0.2, 0) is 4.79 Å². The molecule has 0 heterocycles. The van der Waals surface area contributed by atoms with E-state index in [1.54, 1.807) is 7.05 Å². The van der Waals surface area contributed by atoms with E-state index in [0.717, 1.165) is 0 Å². The van der Waals surface area contributed by atoms with E-state index in [1.165, 1.54) is 0 Å². The summed E-state index contributed by atoms with van der Waals surface area (Å²) in [4.78, 5) is 11.3. The molecule has 0 bridgehead atoms. The van der Waals surface area contributed by atoms with Crippen molar-refractivity contribution >= 4 is 5.91 Å². The Balaban J connectivity index is 2.18. The predicted octanol–water partition coefficient (Wildman–Crippen LogP) is 2.08. The maximum absolute atomic E-state index is 12.4. The largest absolute Gasteiger partial charge is 0.391 e. The van der Waals surface area contributed by atoms with E-state index in [-0.39, 0.29) is 24.7 Å². The van der Waals surface area contributed by atoms with Gasteiger partial charge in [0.15, 0.2) is 0 Å². The van der Waals surface area contributed by atoms with Gasteiger partial charge in [-0.3, -0.25) is 4.79 Å². The van der Waals surface area contributed by atoms with Gasteiger partial charge in [-0.2, -0.15) is 13.2 Å². The van der Waals surface area contributed by atoms with Crippen LogP contribution in [0.5, 0.6) is 0 Å². The first-order chi connectivity index (χ1) is 8.43. The van der Waals surface area contributed by atoms with Gasteiger partial charge in [0.05, 0.1) is 5.92 Å². The van der Waals surface area contributed by atoms with Gasteiger partial charge in [0.25, 0.3) is 0 Å². The first-order valence-electron chi connectivity index (χ1n) is 6.41. The van der Waals surface area contributed by atoms with Crippen LogP contribution in [0.25, 0.3) is 0 Å². The molecule has 0 atom stereocenters. The molecule has 0 aromatic heterocycles. The Morgan fingerprint density at radius 1 is 1.22 bits per heavy atom. The molecule has 1 amide bonds. The Hall–Kier alpha value is -0.780. The molecule has 106 valence electrons. The van der Waals surface area contributed by atoms with Gasteiger partial charge in [-0.05, 0) is 38.6 Å². The van der Waals surface area contributed by atoms with E-state index >= 15 is 0 Å². The monoisotopic (exact) mass is 266 g/mol. The minimum absolute atomic E-state index is 0.0395. The third kappa shape index (κ3) is 5.25. The number of hydrogen-bond donors (Lipinski definition) is 2. The number of rotatable bonds is 5. The second kappa shape index (κ2) is 6.97. The Bertz CT molecular complexity index is 261. The van der Waals surface area contributed by atoms with Gasteiger partial charge < -0.3 is 10.6 Å². The van der Waals surface area contributed by atoms with Crippen LogP contribution in [0.3, 0.4) is 0 Å². The van der Waals surface area contributed by atoms with Crippen molar-refractivity contribution in [1.82, 2.24) is 10.6 Å². The number of halogens is 3. The summed E-state index contributed by atoms with van der Waals surface area (Å²) in [6.07, 6.45) is -2.15. The number of carbonyl (C=O) groups excluding carboxylic acids is 1. The van der Waals surface area contributed by atoms with Crippen LogP contribution < -0.4 is 10.6 Å². The van der Waals surface area contributed by atoms with E-state index in [0.29, 0.717) is 32.4 Å². The standard InChI is InChI=1S/C12H21F3N2O/c1-16-7-6-11(18)17-8-9-2-4-10(5-3-9)12(13,14)15/h9-10,16H,2-8H2,1H3,(H,17,18). The van der Waals surface area contributed by atoms with Crippen LogP contribution in [-0.4, -0.2) is 32.2 Å².